The first-order valence-corrected chi connectivity index (χ1v) is 7.57. The molecule has 0 fully saturated rings. The molecule has 0 radical (unpaired) electrons. The van der Waals surface area contributed by atoms with E-state index in [1.54, 1.807) is 12.3 Å². The van der Waals surface area contributed by atoms with Crippen LogP contribution < -0.4 is 5.73 Å². The fraction of sp³-hybridized carbons (Fsp3) is 0.312. The Bertz CT molecular complexity index is 599. The van der Waals surface area contributed by atoms with E-state index in [1.165, 1.54) is 16.9 Å². The number of nitrogen functional groups attached to an aromatic ring is 1. The van der Waals surface area contributed by atoms with Gasteiger partial charge in [-0.3, -0.25) is 0 Å². The second-order valence-electron chi connectivity index (χ2n) is 4.89. The van der Waals surface area contributed by atoms with Gasteiger partial charge in [0, 0.05) is 10.9 Å². The number of carbonyl (C=O) groups excluding carboxylic acids is 1. The van der Waals surface area contributed by atoms with Crippen LogP contribution in [-0.2, 0) is 4.74 Å². The first-order valence-electron chi connectivity index (χ1n) is 6.69. The molecule has 2 N–H and O–H groups in total. The van der Waals surface area contributed by atoms with Crippen molar-refractivity contribution in [1.82, 2.24) is 0 Å². The Kier molecular flexibility index (Phi) is 4.45. The number of nitrogens with two attached hydrogens (primary N) is 1. The van der Waals surface area contributed by atoms with Crippen LogP contribution in [0, 0.1) is 0 Å². The van der Waals surface area contributed by atoms with Crippen LogP contribution in [0.1, 0.15) is 42.6 Å². The van der Waals surface area contributed by atoms with Crippen molar-refractivity contribution in [2.75, 3.05) is 12.3 Å². The molecular formula is C16H19NO2S. The molecule has 1 heterocycles. The van der Waals surface area contributed by atoms with E-state index in [0.29, 0.717) is 23.1 Å². The molecule has 1 aromatic carbocycles. The normalized spacial score (nSPS) is 10.8. The number of thiophene rings is 1. The van der Waals surface area contributed by atoms with Crippen molar-refractivity contribution in [2.24, 2.45) is 0 Å². The molecule has 0 spiro atoms. The number of ether oxygens (including phenoxy) is 1. The maximum Gasteiger partial charge on any atom is 0.339 e. The average molecular weight is 289 g/mol. The molecule has 106 valence electrons. The predicted octanol–water partition coefficient (Wildman–Crippen LogP) is 4.30. The third kappa shape index (κ3) is 2.85. The summed E-state index contributed by atoms with van der Waals surface area (Å²) in [6.07, 6.45) is 0. The molecule has 1 aromatic heterocycles. The van der Waals surface area contributed by atoms with E-state index in [-0.39, 0.29) is 5.97 Å². The molecule has 0 saturated carbocycles. The van der Waals surface area contributed by atoms with Crippen LogP contribution in [0.25, 0.3) is 11.1 Å². The number of anilines is 1. The van der Waals surface area contributed by atoms with Crippen LogP contribution in [0.3, 0.4) is 0 Å². The van der Waals surface area contributed by atoms with Crippen LogP contribution in [0.2, 0.25) is 0 Å². The highest BCUT2D eigenvalue weighted by molar-refractivity contribution is 7.15. The quantitative estimate of drug-likeness (QED) is 0.854. The molecule has 2 aromatic rings. The molecule has 3 nitrogen and oxygen atoms in total. The Hall–Kier alpha value is -1.81. The van der Waals surface area contributed by atoms with Gasteiger partial charge < -0.3 is 10.5 Å². The number of hydrogen-bond acceptors (Lipinski definition) is 4. The topological polar surface area (TPSA) is 52.3 Å². The molecule has 0 atom stereocenters. The van der Waals surface area contributed by atoms with Crippen molar-refractivity contribution < 1.29 is 9.53 Å². The van der Waals surface area contributed by atoms with Crippen molar-refractivity contribution in [3.63, 3.8) is 0 Å². The van der Waals surface area contributed by atoms with Crippen molar-refractivity contribution in [3.8, 4) is 11.1 Å². The third-order valence-corrected chi connectivity index (χ3v) is 3.99. The van der Waals surface area contributed by atoms with Gasteiger partial charge in [-0.15, -0.1) is 11.3 Å². The van der Waals surface area contributed by atoms with Gasteiger partial charge in [-0.1, -0.05) is 38.1 Å². The second kappa shape index (κ2) is 6.09. The van der Waals surface area contributed by atoms with Crippen molar-refractivity contribution in [3.05, 3.63) is 40.8 Å². The van der Waals surface area contributed by atoms with Crippen LogP contribution in [0.4, 0.5) is 5.00 Å². The van der Waals surface area contributed by atoms with Crippen LogP contribution in [-0.4, -0.2) is 12.6 Å². The van der Waals surface area contributed by atoms with E-state index in [1.807, 2.05) is 12.1 Å². The monoisotopic (exact) mass is 289 g/mol. The van der Waals surface area contributed by atoms with Crippen molar-refractivity contribution in [1.29, 1.82) is 0 Å². The summed E-state index contributed by atoms with van der Waals surface area (Å²) in [7, 11) is 0. The maximum atomic E-state index is 12.0. The minimum absolute atomic E-state index is 0.316. The highest BCUT2D eigenvalue weighted by Crippen LogP contribution is 2.36. The Morgan fingerprint density at radius 2 is 1.95 bits per heavy atom. The lowest BCUT2D eigenvalue weighted by molar-refractivity contribution is 0.0528. The highest BCUT2D eigenvalue weighted by atomic mass is 32.1. The molecule has 2 rings (SSSR count). The molecule has 0 unspecified atom stereocenters. The number of carbonyl (C=O) groups is 1. The number of rotatable bonds is 4. The van der Waals surface area contributed by atoms with Gasteiger partial charge in [-0.2, -0.15) is 0 Å². The largest absolute Gasteiger partial charge is 0.462 e. The Balaban J connectivity index is 2.41. The summed E-state index contributed by atoms with van der Waals surface area (Å²) in [5.41, 5.74) is 9.56. The van der Waals surface area contributed by atoms with E-state index < -0.39 is 0 Å². The molecule has 0 saturated heterocycles. The molecule has 20 heavy (non-hydrogen) atoms. The lowest BCUT2D eigenvalue weighted by atomic mass is 9.98. The summed E-state index contributed by atoms with van der Waals surface area (Å²) in [5, 5.41) is 2.41. The van der Waals surface area contributed by atoms with Gasteiger partial charge >= 0.3 is 5.97 Å². The number of benzene rings is 1. The molecule has 0 aliphatic carbocycles. The fourth-order valence-corrected chi connectivity index (χ4v) is 2.87. The lowest BCUT2D eigenvalue weighted by Crippen LogP contribution is -2.05. The Morgan fingerprint density at radius 3 is 2.50 bits per heavy atom. The summed E-state index contributed by atoms with van der Waals surface area (Å²) < 4.78 is 5.08. The van der Waals surface area contributed by atoms with E-state index in [2.05, 4.69) is 26.0 Å². The van der Waals surface area contributed by atoms with Crippen LogP contribution in [0.5, 0.6) is 0 Å². The SMILES string of the molecule is CCOC(=O)c1csc(N)c1-c1ccc(C(C)C)cc1. The van der Waals surface area contributed by atoms with E-state index in [0.717, 1.165) is 11.1 Å². The summed E-state index contributed by atoms with van der Waals surface area (Å²) >= 11 is 1.37. The zero-order valence-corrected chi connectivity index (χ0v) is 12.8. The molecule has 0 bridgehead atoms. The van der Waals surface area contributed by atoms with Crippen molar-refractivity contribution >= 4 is 22.3 Å². The van der Waals surface area contributed by atoms with E-state index in [9.17, 15) is 4.79 Å². The lowest BCUT2D eigenvalue weighted by Gasteiger charge is -2.09. The van der Waals surface area contributed by atoms with Gasteiger partial charge in [0.15, 0.2) is 0 Å². The zero-order chi connectivity index (χ0) is 14.7. The zero-order valence-electron chi connectivity index (χ0n) is 12.0. The van der Waals surface area contributed by atoms with Crippen LogP contribution >= 0.6 is 11.3 Å². The standard InChI is InChI=1S/C16H19NO2S/c1-4-19-16(18)13-9-20-15(17)14(13)12-7-5-11(6-8-12)10(2)3/h5-10H,4,17H2,1-3H3. The van der Waals surface area contributed by atoms with Gasteiger partial charge in [-0.05, 0) is 24.0 Å². The second-order valence-corrected chi connectivity index (χ2v) is 5.80. The summed E-state index contributed by atoms with van der Waals surface area (Å²) in [5.74, 6) is 0.164. The molecule has 0 aliphatic heterocycles. The molecule has 4 heteroatoms. The molecule has 0 aliphatic rings. The van der Waals surface area contributed by atoms with Crippen molar-refractivity contribution in [2.45, 2.75) is 26.7 Å². The number of hydrogen-bond donors (Lipinski definition) is 1. The van der Waals surface area contributed by atoms with Gasteiger partial charge in [0.1, 0.15) is 0 Å². The van der Waals surface area contributed by atoms with Gasteiger partial charge in [-0.25, -0.2) is 4.79 Å². The van der Waals surface area contributed by atoms with Gasteiger partial charge in [0.2, 0.25) is 0 Å². The van der Waals surface area contributed by atoms with Gasteiger partial charge in [0.25, 0.3) is 0 Å². The minimum atomic E-state index is -0.316. The first-order chi connectivity index (χ1) is 9.54. The highest BCUT2D eigenvalue weighted by Gasteiger charge is 2.18. The Labute approximate surface area is 123 Å². The minimum Gasteiger partial charge on any atom is -0.462 e. The van der Waals surface area contributed by atoms with Gasteiger partial charge in [0.05, 0.1) is 17.2 Å². The third-order valence-electron chi connectivity index (χ3n) is 3.18. The first kappa shape index (κ1) is 14.6. The smallest absolute Gasteiger partial charge is 0.339 e. The maximum absolute atomic E-state index is 12.0. The summed E-state index contributed by atoms with van der Waals surface area (Å²) in [6.45, 7) is 6.46. The Morgan fingerprint density at radius 1 is 1.30 bits per heavy atom. The molecular weight excluding hydrogens is 270 g/mol. The van der Waals surface area contributed by atoms with E-state index in [4.69, 9.17) is 10.5 Å². The van der Waals surface area contributed by atoms with E-state index >= 15 is 0 Å². The summed E-state index contributed by atoms with van der Waals surface area (Å²) in [4.78, 5) is 12.0. The summed E-state index contributed by atoms with van der Waals surface area (Å²) in [6, 6.07) is 8.17. The molecule has 0 amide bonds. The number of esters is 1. The predicted molar refractivity (Wildman–Crippen MR) is 84.2 cm³/mol. The van der Waals surface area contributed by atoms with Crippen LogP contribution in [0.15, 0.2) is 29.6 Å². The average Bonchev–Trinajstić information content (AvgIpc) is 2.81. The fourth-order valence-electron chi connectivity index (χ4n) is 2.06.